The van der Waals surface area contributed by atoms with Crippen molar-refractivity contribution in [3.05, 3.63) is 24.5 Å². The number of pyridine rings is 1. The number of nitrogens with zero attached hydrogens (tertiary/aromatic N) is 2. The van der Waals surface area contributed by atoms with Crippen LogP contribution < -0.4 is 15.4 Å². The molecule has 0 saturated heterocycles. The van der Waals surface area contributed by atoms with Gasteiger partial charge in [-0.25, -0.2) is 0 Å². The molecule has 0 spiro atoms. The zero-order valence-electron chi connectivity index (χ0n) is 14.5. The van der Waals surface area contributed by atoms with E-state index in [4.69, 9.17) is 9.47 Å². The molecule has 0 aliphatic rings. The van der Waals surface area contributed by atoms with Gasteiger partial charge in [0.25, 0.3) is 0 Å². The predicted molar refractivity (Wildman–Crippen MR) is 94.0 cm³/mol. The third kappa shape index (κ3) is 10.5. The first-order chi connectivity index (χ1) is 11.2. The van der Waals surface area contributed by atoms with Crippen molar-refractivity contribution in [3.8, 4) is 5.75 Å². The average Bonchev–Trinajstić information content (AvgIpc) is 2.55. The lowest BCUT2D eigenvalue weighted by Crippen LogP contribution is -2.39. The van der Waals surface area contributed by atoms with Crippen LogP contribution in [0.1, 0.15) is 27.2 Å². The van der Waals surface area contributed by atoms with Crippen LogP contribution in [0.5, 0.6) is 5.75 Å². The molecule has 6 nitrogen and oxygen atoms in total. The van der Waals surface area contributed by atoms with Gasteiger partial charge >= 0.3 is 0 Å². The molecule has 1 aromatic rings. The Hall–Kier alpha value is -1.82. The Morgan fingerprint density at radius 2 is 2.13 bits per heavy atom. The Balaban J connectivity index is 2.16. The van der Waals surface area contributed by atoms with Crippen LogP contribution in [-0.2, 0) is 4.74 Å². The van der Waals surface area contributed by atoms with E-state index >= 15 is 0 Å². The van der Waals surface area contributed by atoms with Gasteiger partial charge in [-0.3, -0.25) is 9.98 Å². The van der Waals surface area contributed by atoms with Crippen molar-refractivity contribution >= 4 is 5.96 Å². The first kappa shape index (κ1) is 19.2. The maximum absolute atomic E-state index is 5.58. The molecule has 0 radical (unpaired) electrons. The van der Waals surface area contributed by atoms with Crippen LogP contribution in [0.25, 0.3) is 0 Å². The first-order valence-electron chi connectivity index (χ1n) is 8.35. The Morgan fingerprint density at radius 1 is 1.26 bits per heavy atom. The van der Waals surface area contributed by atoms with Gasteiger partial charge in [-0.1, -0.05) is 13.8 Å². The van der Waals surface area contributed by atoms with Crippen molar-refractivity contribution in [2.45, 2.75) is 27.2 Å². The van der Waals surface area contributed by atoms with Gasteiger partial charge in [-0.2, -0.15) is 0 Å². The van der Waals surface area contributed by atoms with Crippen LogP contribution >= 0.6 is 0 Å². The number of hydrogen-bond acceptors (Lipinski definition) is 4. The molecule has 1 aromatic heterocycles. The lowest BCUT2D eigenvalue weighted by atomic mass is 10.1. The molecule has 2 N–H and O–H groups in total. The molecule has 0 amide bonds. The van der Waals surface area contributed by atoms with Crippen molar-refractivity contribution in [2.24, 2.45) is 10.9 Å². The Labute approximate surface area is 139 Å². The molecule has 0 atom stereocenters. The average molecular weight is 322 g/mol. The summed E-state index contributed by atoms with van der Waals surface area (Å²) in [7, 11) is 0. The summed E-state index contributed by atoms with van der Waals surface area (Å²) in [5, 5.41) is 6.44. The molecule has 1 heterocycles. The van der Waals surface area contributed by atoms with Gasteiger partial charge in [0.05, 0.1) is 25.9 Å². The minimum atomic E-state index is 0.557. The lowest BCUT2D eigenvalue weighted by molar-refractivity contribution is 0.130. The van der Waals surface area contributed by atoms with Gasteiger partial charge in [-0.05, 0) is 31.4 Å². The van der Waals surface area contributed by atoms with Gasteiger partial charge in [0.1, 0.15) is 12.4 Å². The molecule has 0 saturated carbocycles. The summed E-state index contributed by atoms with van der Waals surface area (Å²) >= 11 is 0. The van der Waals surface area contributed by atoms with Crippen molar-refractivity contribution in [2.75, 3.05) is 39.5 Å². The summed E-state index contributed by atoms with van der Waals surface area (Å²) < 4.78 is 11.1. The summed E-state index contributed by atoms with van der Waals surface area (Å²) in [6, 6.07) is 3.74. The Kier molecular flexibility index (Phi) is 10.6. The second-order valence-corrected chi connectivity index (χ2v) is 5.52. The van der Waals surface area contributed by atoms with Gasteiger partial charge < -0.3 is 20.1 Å². The van der Waals surface area contributed by atoms with Crippen LogP contribution in [0.3, 0.4) is 0 Å². The number of ether oxygens (including phenoxy) is 2. The fourth-order valence-electron chi connectivity index (χ4n) is 1.76. The number of rotatable bonds is 11. The van der Waals surface area contributed by atoms with Crippen LogP contribution in [0.2, 0.25) is 0 Å². The van der Waals surface area contributed by atoms with Crippen molar-refractivity contribution < 1.29 is 9.47 Å². The van der Waals surface area contributed by atoms with E-state index in [1.165, 1.54) is 0 Å². The molecule has 0 aromatic carbocycles. The maximum atomic E-state index is 5.58. The summed E-state index contributed by atoms with van der Waals surface area (Å²) in [5.74, 6) is 2.24. The molecule has 1 rings (SSSR count). The minimum absolute atomic E-state index is 0.557. The number of aromatic nitrogens is 1. The van der Waals surface area contributed by atoms with E-state index in [1.807, 2.05) is 19.1 Å². The fraction of sp³-hybridized carbons (Fsp3) is 0.647. The second kappa shape index (κ2) is 12.7. The van der Waals surface area contributed by atoms with Crippen molar-refractivity contribution in [1.82, 2.24) is 15.6 Å². The number of guanidine groups is 1. The van der Waals surface area contributed by atoms with Crippen LogP contribution in [0, 0.1) is 5.92 Å². The zero-order chi connectivity index (χ0) is 16.8. The van der Waals surface area contributed by atoms with Crippen molar-refractivity contribution in [3.63, 3.8) is 0 Å². The zero-order valence-corrected chi connectivity index (χ0v) is 14.5. The normalized spacial score (nSPS) is 11.6. The predicted octanol–water partition coefficient (Wildman–Crippen LogP) is 2.08. The van der Waals surface area contributed by atoms with Crippen LogP contribution in [0.15, 0.2) is 29.5 Å². The van der Waals surface area contributed by atoms with E-state index in [1.54, 1.807) is 12.4 Å². The lowest BCUT2D eigenvalue weighted by Gasteiger charge is -2.12. The third-order valence-corrected chi connectivity index (χ3v) is 2.99. The molecular formula is C17H30N4O2. The van der Waals surface area contributed by atoms with E-state index < -0.39 is 0 Å². The summed E-state index contributed by atoms with van der Waals surface area (Å²) in [5.41, 5.74) is 0. The standard InChI is InChI=1S/C17H30N4O2/c1-4-19-17(20-9-12-22-11-7-15(2)3)21-10-13-23-16-6-5-8-18-14-16/h5-6,8,14-15H,4,7,9-13H2,1-3H3,(H2,19,20,21). The summed E-state index contributed by atoms with van der Waals surface area (Å²) in [6.45, 7) is 10.6. The molecule has 0 aliphatic carbocycles. The summed E-state index contributed by atoms with van der Waals surface area (Å²) in [4.78, 5) is 8.48. The van der Waals surface area contributed by atoms with Crippen LogP contribution in [-0.4, -0.2) is 50.4 Å². The number of hydrogen-bond donors (Lipinski definition) is 2. The maximum Gasteiger partial charge on any atom is 0.191 e. The highest BCUT2D eigenvalue weighted by molar-refractivity contribution is 5.79. The second-order valence-electron chi connectivity index (χ2n) is 5.52. The minimum Gasteiger partial charge on any atom is -0.490 e. The highest BCUT2D eigenvalue weighted by Crippen LogP contribution is 2.04. The van der Waals surface area contributed by atoms with Gasteiger partial charge in [-0.15, -0.1) is 0 Å². The SMILES string of the molecule is CCNC(=NCCOCCC(C)C)NCCOc1cccnc1. The van der Waals surface area contributed by atoms with E-state index in [-0.39, 0.29) is 0 Å². The molecule has 0 bridgehead atoms. The highest BCUT2D eigenvalue weighted by atomic mass is 16.5. The van der Waals surface area contributed by atoms with Gasteiger partial charge in [0.2, 0.25) is 0 Å². The van der Waals surface area contributed by atoms with Gasteiger partial charge in [0.15, 0.2) is 5.96 Å². The molecule has 23 heavy (non-hydrogen) atoms. The topological polar surface area (TPSA) is 67.8 Å². The fourth-order valence-corrected chi connectivity index (χ4v) is 1.76. The first-order valence-corrected chi connectivity index (χ1v) is 8.35. The Bertz CT molecular complexity index is 424. The Morgan fingerprint density at radius 3 is 2.83 bits per heavy atom. The van der Waals surface area contributed by atoms with Crippen molar-refractivity contribution in [1.29, 1.82) is 0 Å². The highest BCUT2D eigenvalue weighted by Gasteiger charge is 1.98. The number of nitrogens with one attached hydrogen (secondary N) is 2. The quantitative estimate of drug-likeness (QED) is 0.371. The molecule has 0 aliphatic heterocycles. The monoisotopic (exact) mass is 322 g/mol. The molecule has 0 fully saturated rings. The van der Waals surface area contributed by atoms with E-state index in [9.17, 15) is 0 Å². The number of aliphatic imine (C=N–C) groups is 1. The third-order valence-electron chi connectivity index (χ3n) is 2.99. The molecular weight excluding hydrogens is 292 g/mol. The van der Waals surface area contributed by atoms with Crippen LogP contribution in [0.4, 0.5) is 0 Å². The molecule has 0 unspecified atom stereocenters. The van der Waals surface area contributed by atoms with Gasteiger partial charge in [0, 0.05) is 19.3 Å². The summed E-state index contributed by atoms with van der Waals surface area (Å²) in [6.07, 6.45) is 4.52. The molecule has 130 valence electrons. The largest absolute Gasteiger partial charge is 0.490 e. The molecule has 6 heteroatoms. The van der Waals surface area contributed by atoms with E-state index in [0.29, 0.717) is 32.2 Å². The van der Waals surface area contributed by atoms with E-state index in [0.717, 1.165) is 31.3 Å². The van der Waals surface area contributed by atoms with E-state index in [2.05, 4.69) is 34.5 Å². The smallest absolute Gasteiger partial charge is 0.191 e.